The predicted octanol–water partition coefficient (Wildman–Crippen LogP) is 4.67. The van der Waals surface area contributed by atoms with Gasteiger partial charge < -0.3 is 13.9 Å². The number of nitrogens with zero attached hydrogens (tertiary/aromatic N) is 2. The first-order valence-corrected chi connectivity index (χ1v) is 10.1. The lowest BCUT2D eigenvalue weighted by molar-refractivity contribution is 0.254. The fourth-order valence-electron chi connectivity index (χ4n) is 3.16. The quantitative estimate of drug-likeness (QED) is 0.553. The molecule has 5 nitrogen and oxygen atoms in total. The highest BCUT2D eigenvalue weighted by atomic mass is 32.2. The fourth-order valence-corrected chi connectivity index (χ4v) is 3.92. The molecule has 2 aromatic carbocycles. The number of rotatable bonds is 7. The van der Waals surface area contributed by atoms with Gasteiger partial charge in [0.05, 0.1) is 13.0 Å². The van der Waals surface area contributed by atoms with Crippen molar-refractivity contribution in [3.8, 4) is 11.5 Å². The van der Waals surface area contributed by atoms with Crippen LogP contribution in [0.4, 0.5) is 0 Å². The second-order valence-electron chi connectivity index (χ2n) is 6.55. The molecule has 27 heavy (non-hydrogen) atoms. The first kappa shape index (κ1) is 17.9. The molecule has 4 rings (SSSR count). The van der Waals surface area contributed by atoms with Crippen LogP contribution in [0, 0.1) is 0 Å². The molecule has 0 amide bonds. The van der Waals surface area contributed by atoms with E-state index in [9.17, 15) is 0 Å². The summed E-state index contributed by atoms with van der Waals surface area (Å²) in [6.07, 6.45) is 1.78. The molecule has 0 fully saturated rings. The van der Waals surface area contributed by atoms with Crippen LogP contribution in [-0.4, -0.2) is 22.9 Å². The minimum absolute atomic E-state index is 0.217. The van der Waals surface area contributed by atoms with E-state index in [4.69, 9.17) is 13.9 Å². The van der Waals surface area contributed by atoms with Crippen molar-refractivity contribution in [3.63, 3.8) is 0 Å². The number of hydrogen-bond acceptors (Lipinski definition) is 6. The van der Waals surface area contributed by atoms with E-state index in [1.54, 1.807) is 0 Å². The van der Waals surface area contributed by atoms with Crippen molar-refractivity contribution in [2.24, 2.45) is 0 Å². The lowest BCUT2D eigenvalue weighted by Crippen LogP contribution is -2.05. The molecule has 1 aromatic heterocycles. The Morgan fingerprint density at radius 3 is 2.85 bits per heavy atom. The molecule has 1 atom stereocenters. The molecule has 1 unspecified atom stereocenters. The summed E-state index contributed by atoms with van der Waals surface area (Å²) in [5.74, 6) is 3.18. The molecule has 0 radical (unpaired) electrons. The summed E-state index contributed by atoms with van der Waals surface area (Å²) in [5.41, 5.74) is 3.45. The zero-order valence-corrected chi connectivity index (χ0v) is 16.3. The zero-order chi connectivity index (χ0) is 18.6. The van der Waals surface area contributed by atoms with Crippen molar-refractivity contribution in [2.45, 2.75) is 43.8 Å². The summed E-state index contributed by atoms with van der Waals surface area (Å²) in [4.78, 5) is 0. The Morgan fingerprint density at radius 2 is 2.04 bits per heavy atom. The van der Waals surface area contributed by atoms with Gasteiger partial charge in [0.15, 0.2) is 0 Å². The van der Waals surface area contributed by atoms with Crippen LogP contribution in [-0.2, 0) is 18.6 Å². The number of benzene rings is 2. The van der Waals surface area contributed by atoms with Crippen LogP contribution in [0.15, 0.2) is 52.1 Å². The van der Waals surface area contributed by atoms with Gasteiger partial charge in [0.25, 0.3) is 5.22 Å². The molecule has 0 bridgehead atoms. The van der Waals surface area contributed by atoms with Gasteiger partial charge in [0.2, 0.25) is 5.89 Å². The fraction of sp³-hybridized carbons (Fsp3) is 0.333. The molecule has 1 aliphatic heterocycles. The molecule has 0 saturated carbocycles. The van der Waals surface area contributed by atoms with Crippen LogP contribution in [0.2, 0.25) is 0 Å². The summed E-state index contributed by atoms with van der Waals surface area (Å²) in [5, 5.41) is 8.89. The van der Waals surface area contributed by atoms with Gasteiger partial charge in [-0.05, 0) is 31.5 Å². The van der Waals surface area contributed by atoms with Crippen LogP contribution >= 0.6 is 11.8 Å². The smallest absolute Gasteiger partial charge is 0.276 e. The van der Waals surface area contributed by atoms with Crippen molar-refractivity contribution in [3.05, 3.63) is 65.0 Å². The van der Waals surface area contributed by atoms with Crippen molar-refractivity contribution in [2.75, 3.05) is 6.61 Å². The molecule has 6 heteroatoms. The van der Waals surface area contributed by atoms with Gasteiger partial charge in [0.1, 0.15) is 17.6 Å². The highest BCUT2D eigenvalue weighted by Gasteiger charge is 2.22. The molecule has 0 saturated heterocycles. The van der Waals surface area contributed by atoms with Gasteiger partial charge in [-0.25, -0.2) is 0 Å². The Balaban J connectivity index is 1.45. The van der Waals surface area contributed by atoms with E-state index < -0.39 is 0 Å². The summed E-state index contributed by atoms with van der Waals surface area (Å²) in [6, 6.07) is 14.3. The molecule has 0 spiro atoms. The van der Waals surface area contributed by atoms with E-state index in [1.807, 2.05) is 25.1 Å². The maximum atomic E-state index is 5.89. The summed E-state index contributed by atoms with van der Waals surface area (Å²) >= 11 is 1.52. The third-order valence-electron chi connectivity index (χ3n) is 4.38. The van der Waals surface area contributed by atoms with E-state index in [0.29, 0.717) is 29.9 Å². The second-order valence-corrected chi connectivity index (χ2v) is 7.47. The number of aromatic nitrogens is 2. The first-order valence-electron chi connectivity index (χ1n) is 9.15. The molecular formula is C21H22N2O3S. The number of fused-ring (bicyclic) bond motifs is 1. The predicted molar refractivity (Wildman–Crippen MR) is 105 cm³/mol. The van der Waals surface area contributed by atoms with Gasteiger partial charge in [0, 0.05) is 23.3 Å². The molecule has 0 N–H and O–H groups in total. The molecule has 3 aromatic rings. The largest absolute Gasteiger partial charge is 0.494 e. The number of hydrogen-bond donors (Lipinski definition) is 0. The van der Waals surface area contributed by atoms with Gasteiger partial charge in [-0.2, -0.15) is 0 Å². The molecular weight excluding hydrogens is 360 g/mol. The Morgan fingerprint density at radius 1 is 1.19 bits per heavy atom. The van der Waals surface area contributed by atoms with Crippen LogP contribution in [0.3, 0.4) is 0 Å². The minimum atomic E-state index is 0.217. The summed E-state index contributed by atoms with van der Waals surface area (Å²) < 4.78 is 17.5. The number of thioether (sulfide) groups is 1. The topological polar surface area (TPSA) is 57.4 Å². The lowest BCUT2D eigenvalue weighted by Gasteiger charge is -2.11. The normalized spacial score (nSPS) is 15.4. The molecule has 140 valence electrons. The SMILES string of the molecule is CCOc1cc2c(cc1CSc1nnc(Cc3ccccc3)o1)OC(C)C2. The monoisotopic (exact) mass is 382 g/mol. The molecule has 0 aliphatic carbocycles. The van der Waals surface area contributed by atoms with Crippen LogP contribution in [0.25, 0.3) is 0 Å². The third kappa shape index (κ3) is 4.27. The zero-order valence-electron chi connectivity index (χ0n) is 15.5. The Hall–Kier alpha value is -2.47. The van der Waals surface area contributed by atoms with E-state index in [2.05, 4.69) is 41.4 Å². The van der Waals surface area contributed by atoms with Crippen LogP contribution < -0.4 is 9.47 Å². The Kier molecular flexibility index (Phi) is 5.34. The van der Waals surface area contributed by atoms with Crippen LogP contribution in [0.5, 0.6) is 11.5 Å². The Bertz CT molecular complexity index is 911. The van der Waals surface area contributed by atoms with Crippen molar-refractivity contribution in [1.29, 1.82) is 0 Å². The van der Waals surface area contributed by atoms with Crippen molar-refractivity contribution < 1.29 is 13.9 Å². The van der Waals surface area contributed by atoms with E-state index in [-0.39, 0.29) is 6.10 Å². The van der Waals surface area contributed by atoms with Crippen molar-refractivity contribution in [1.82, 2.24) is 10.2 Å². The summed E-state index contributed by atoms with van der Waals surface area (Å²) in [7, 11) is 0. The maximum Gasteiger partial charge on any atom is 0.276 e. The minimum Gasteiger partial charge on any atom is -0.494 e. The Labute approximate surface area is 163 Å². The highest BCUT2D eigenvalue weighted by molar-refractivity contribution is 7.98. The third-order valence-corrected chi connectivity index (χ3v) is 5.24. The molecule has 2 heterocycles. The first-order chi connectivity index (χ1) is 13.2. The van der Waals surface area contributed by atoms with Gasteiger partial charge in [-0.1, -0.05) is 42.1 Å². The van der Waals surface area contributed by atoms with Gasteiger partial charge >= 0.3 is 0 Å². The van der Waals surface area contributed by atoms with Gasteiger partial charge in [-0.15, -0.1) is 10.2 Å². The van der Waals surface area contributed by atoms with Crippen molar-refractivity contribution >= 4 is 11.8 Å². The average Bonchev–Trinajstić information content (AvgIpc) is 3.26. The average molecular weight is 382 g/mol. The van der Waals surface area contributed by atoms with Crippen LogP contribution in [0.1, 0.15) is 36.4 Å². The van der Waals surface area contributed by atoms with E-state index in [0.717, 1.165) is 29.0 Å². The second kappa shape index (κ2) is 8.05. The van der Waals surface area contributed by atoms with Gasteiger partial charge in [-0.3, -0.25) is 0 Å². The maximum absolute atomic E-state index is 5.89. The number of ether oxygens (including phenoxy) is 2. The lowest BCUT2D eigenvalue weighted by atomic mass is 10.1. The standard InChI is InChI=1S/C21H22N2O3S/c1-3-24-18-11-16-9-14(2)25-19(16)12-17(18)13-27-21-23-22-20(26-21)10-15-7-5-4-6-8-15/h4-8,11-12,14H,3,9-10,13H2,1-2H3. The van der Waals surface area contributed by atoms with E-state index in [1.165, 1.54) is 17.3 Å². The highest BCUT2D eigenvalue weighted by Crippen LogP contribution is 2.37. The molecule has 1 aliphatic rings. The van der Waals surface area contributed by atoms with E-state index >= 15 is 0 Å². The summed E-state index contributed by atoms with van der Waals surface area (Å²) in [6.45, 7) is 4.72.